The van der Waals surface area contributed by atoms with E-state index >= 15 is 0 Å². The Morgan fingerprint density at radius 3 is 2.67 bits per heavy atom. The first-order chi connectivity index (χ1) is 7.08. The minimum atomic E-state index is 0.404. The van der Waals surface area contributed by atoms with Crippen molar-refractivity contribution in [2.24, 2.45) is 0 Å². The molecule has 2 rings (SSSR count). The Kier molecular flexibility index (Phi) is 2.65. The summed E-state index contributed by atoms with van der Waals surface area (Å²) in [6, 6.07) is 8.13. The van der Waals surface area contributed by atoms with Crippen molar-refractivity contribution in [3.63, 3.8) is 0 Å². The molecule has 0 saturated heterocycles. The zero-order valence-electron chi connectivity index (χ0n) is 8.79. The Bertz CT molecular complexity index is 506. The van der Waals surface area contributed by atoms with Crippen molar-refractivity contribution in [1.82, 2.24) is 4.98 Å². The molecule has 2 aromatic rings. The Hall–Kier alpha value is -1.09. The molecule has 0 fully saturated rings. The Morgan fingerprint density at radius 2 is 2.00 bits per heavy atom. The molecule has 2 N–H and O–H groups in total. The monoisotopic (exact) mass is 264 g/mol. The van der Waals surface area contributed by atoms with Gasteiger partial charge in [-0.15, -0.1) is 0 Å². The van der Waals surface area contributed by atoms with Crippen LogP contribution in [0.15, 0.2) is 28.7 Å². The lowest BCUT2D eigenvalue weighted by molar-refractivity contribution is 0.866. The molecule has 1 aromatic carbocycles. The van der Waals surface area contributed by atoms with E-state index in [4.69, 9.17) is 5.73 Å². The molecule has 0 amide bonds. The molecule has 3 heteroatoms. The summed E-state index contributed by atoms with van der Waals surface area (Å²) in [5.41, 5.74) is 7.96. The second-order valence-electron chi connectivity index (χ2n) is 3.95. The van der Waals surface area contributed by atoms with E-state index in [2.05, 4.69) is 46.9 Å². The number of fused-ring (bicyclic) bond motifs is 1. The van der Waals surface area contributed by atoms with Crippen LogP contribution in [0.1, 0.15) is 25.3 Å². The van der Waals surface area contributed by atoms with Crippen LogP contribution in [-0.4, -0.2) is 4.98 Å². The zero-order chi connectivity index (χ0) is 11.0. The summed E-state index contributed by atoms with van der Waals surface area (Å²) in [6.45, 7) is 4.24. The molecule has 15 heavy (non-hydrogen) atoms. The van der Waals surface area contributed by atoms with E-state index < -0.39 is 0 Å². The first kappa shape index (κ1) is 10.4. The minimum absolute atomic E-state index is 0.404. The molecule has 0 spiro atoms. The van der Waals surface area contributed by atoms with Gasteiger partial charge in [0.1, 0.15) is 5.82 Å². The average Bonchev–Trinajstić information content (AvgIpc) is 2.17. The van der Waals surface area contributed by atoms with Crippen molar-refractivity contribution in [3.05, 3.63) is 34.3 Å². The van der Waals surface area contributed by atoms with E-state index in [1.807, 2.05) is 12.1 Å². The fraction of sp³-hybridized carbons (Fsp3) is 0.250. The lowest BCUT2D eigenvalue weighted by Gasteiger charge is -2.10. The van der Waals surface area contributed by atoms with Gasteiger partial charge in [0.05, 0.1) is 5.52 Å². The molecule has 0 atom stereocenters. The van der Waals surface area contributed by atoms with E-state index in [-0.39, 0.29) is 0 Å². The van der Waals surface area contributed by atoms with Gasteiger partial charge in [-0.3, -0.25) is 0 Å². The van der Waals surface area contributed by atoms with E-state index in [1.54, 1.807) is 0 Å². The third-order valence-electron chi connectivity index (χ3n) is 2.46. The van der Waals surface area contributed by atoms with Gasteiger partial charge in [-0.05, 0) is 35.7 Å². The number of benzene rings is 1. The predicted octanol–water partition coefficient (Wildman–Crippen LogP) is 3.70. The van der Waals surface area contributed by atoms with Crippen molar-refractivity contribution in [1.29, 1.82) is 0 Å². The van der Waals surface area contributed by atoms with Crippen molar-refractivity contribution in [2.75, 3.05) is 5.73 Å². The van der Waals surface area contributed by atoms with Gasteiger partial charge >= 0.3 is 0 Å². The van der Waals surface area contributed by atoms with Gasteiger partial charge in [0.15, 0.2) is 0 Å². The summed E-state index contributed by atoms with van der Waals surface area (Å²) >= 11 is 3.45. The fourth-order valence-electron chi connectivity index (χ4n) is 1.64. The third kappa shape index (κ3) is 1.97. The van der Waals surface area contributed by atoms with Crippen LogP contribution in [-0.2, 0) is 0 Å². The molecular formula is C12H13BrN2. The molecule has 78 valence electrons. The van der Waals surface area contributed by atoms with Crippen LogP contribution in [0.4, 0.5) is 5.82 Å². The maximum atomic E-state index is 5.90. The minimum Gasteiger partial charge on any atom is -0.383 e. The molecule has 0 saturated carbocycles. The normalized spacial score (nSPS) is 11.2. The summed E-state index contributed by atoms with van der Waals surface area (Å²) in [4.78, 5) is 4.39. The van der Waals surface area contributed by atoms with Crippen LogP contribution in [0, 0.1) is 0 Å². The molecule has 1 aromatic heterocycles. The van der Waals surface area contributed by atoms with Crippen molar-refractivity contribution in [3.8, 4) is 0 Å². The number of anilines is 1. The first-order valence-electron chi connectivity index (χ1n) is 4.93. The largest absolute Gasteiger partial charge is 0.383 e. The highest BCUT2D eigenvalue weighted by Crippen LogP contribution is 2.26. The van der Waals surface area contributed by atoms with Gasteiger partial charge in [-0.1, -0.05) is 29.8 Å². The molecule has 0 bridgehead atoms. The van der Waals surface area contributed by atoms with Gasteiger partial charge in [-0.2, -0.15) is 0 Å². The second-order valence-corrected chi connectivity index (χ2v) is 4.87. The Morgan fingerprint density at radius 1 is 1.27 bits per heavy atom. The fourth-order valence-corrected chi connectivity index (χ4v) is 2.02. The Labute approximate surface area is 97.6 Å². The smallest absolute Gasteiger partial charge is 0.127 e. The molecule has 2 nitrogen and oxygen atoms in total. The topological polar surface area (TPSA) is 38.9 Å². The molecular weight excluding hydrogens is 252 g/mol. The number of pyridine rings is 1. The van der Waals surface area contributed by atoms with Crippen molar-refractivity contribution in [2.45, 2.75) is 19.8 Å². The number of nitrogens with zero attached hydrogens (tertiary/aromatic N) is 1. The lowest BCUT2D eigenvalue weighted by Crippen LogP contribution is -1.99. The number of nitrogens with two attached hydrogens (primary N) is 1. The predicted molar refractivity (Wildman–Crippen MR) is 67.9 cm³/mol. The number of hydrogen-bond donors (Lipinski definition) is 1. The van der Waals surface area contributed by atoms with Crippen molar-refractivity contribution >= 4 is 32.7 Å². The molecule has 1 heterocycles. The first-order valence-corrected chi connectivity index (χ1v) is 5.73. The second kappa shape index (κ2) is 3.81. The van der Waals surface area contributed by atoms with Crippen LogP contribution in [0.25, 0.3) is 10.9 Å². The highest BCUT2D eigenvalue weighted by molar-refractivity contribution is 9.10. The molecule has 0 aliphatic heterocycles. The van der Waals surface area contributed by atoms with Crippen molar-refractivity contribution < 1.29 is 0 Å². The molecule has 0 aliphatic rings. The van der Waals surface area contributed by atoms with Crippen LogP contribution in [0.2, 0.25) is 0 Å². The van der Waals surface area contributed by atoms with E-state index in [0.29, 0.717) is 11.7 Å². The third-order valence-corrected chi connectivity index (χ3v) is 2.95. The van der Waals surface area contributed by atoms with Crippen LogP contribution in [0.5, 0.6) is 0 Å². The van der Waals surface area contributed by atoms with Crippen LogP contribution < -0.4 is 5.73 Å². The number of nitrogen functional groups attached to an aromatic ring is 1. The summed E-state index contributed by atoms with van der Waals surface area (Å²) in [6.07, 6.45) is 0. The molecule has 0 unspecified atom stereocenters. The van der Waals surface area contributed by atoms with Gasteiger partial charge in [0, 0.05) is 9.86 Å². The van der Waals surface area contributed by atoms with E-state index in [0.717, 1.165) is 20.9 Å². The lowest BCUT2D eigenvalue weighted by atomic mass is 10.0. The standard InChI is InChI=1S/C12H13BrN2/c1-7(2)10-6-8-5-9(13)3-4-11(8)15-12(10)14/h3-7H,1-2H3,(H2,14,15). The average molecular weight is 265 g/mol. The zero-order valence-corrected chi connectivity index (χ0v) is 10.4. The SMILES string of the molecule is CC(C)c1cc2cc(Br)ccc2nc1N. The highest BCUT2D eigenvalue weighted by Gasteiger charge is 2.07. The molecule has 0 aliphatic carbocycles. The van der Waals surface area contributed by atoms with Gasteiger partial charge < -0.3 is 5.73 Å². The maximum absolute atomic E-state index is 5.90. The highest BCUT2D eigenvalue weighted by atomic mass is 79.9. The van der Waals surface area contributed by atoms with E-state index in [1.165, 1.54) is 0 Å². The van der Waals surface area contributed by atoms with Gasteiger partial charge in [-0.25, -0.2) is 4.98 Å². The quantitative estimate of drug-likeness (QED) is 0.853. The summed E-state index contributed by atoms with van der Waals surface area (Å²) in [5.74, 6) is 1.04. The number of halogens is 1. The molecule has 0 radical (unpaired) electrons. The van der Waals surface area contributed by atoms with Gasteiger partial charge in [0.25, 0.3) is 0 Å². The Balaban J connectivity index is 2.72. The number of hydrogen-bond acceptors (Lipinski definition) is 2. The van der Waals surface area contributed by atoms with Gasteiger partial charge in [0.2, 0.25) is 0 Å². The number of aromatic nitrogens is 1. The number of rotatable bonds is 1. The maximum Gasteiger partial charge on any atom is 0.127 e. The van der Waals surface area contributed by atoms with E-state index in [9.17, 15) is 0 Å². The van der Waals surface area contributed by atoms with Crippen LogP contribution >= 0.6 is 15.9 Å². The summed E-state index contributed by atoms with van der Waals surface area (Å²) < 4.78 is 1.07. The summed E-state index contributed by atoms with van der Waals surface area (Å²) in [5, 5.41) is 1.13. The van der Waals surface area contributed by atoms with Crippen LogP contribution in [0.3, 0.4) is 0 Å². The summed E-state index contributed by atoms with van der Waals surface area (Å²) in [7, 11) is 0.